The summed E-state index contributed by atoms with van der Waals surface area (Å²) in [5, 5.41) is 7.00. The molecule has 3 nitrogen and oxygen atoms in total. The zero-order chi connectivity index (χ0) is 11.0. The molecule has 0 spiro atoms. The average Bonchev–Trinajstić information content (AvgIpc) is 2.47. The summed E-state index contributed by atoms with van der Waals surface area (Å²) in [6, 6.07) is 7.17. The van der Waals surface area contributed by atoms with Crippen molar-refractivity contribution in [1.82, 2.24) is 5.32 Å². The number of anilines is 2. The van der Waals surface area contributed by atoms with Crippen LogP contribution < -0.4 is 15.5 Å². The number of piperazine rings is 1. The first-order chi connectivity index (χ1) is 7.84. The molecule has 2 heterocycles. The van der Waals surface area contributed by atoms with E-state index >= 15 is 0 Å². The van der Waals surface area contributed by atoms with Crippen molar-refractivity contribution in [2.24, 2.45) is 0 Å². The highest BCUT2D eigenvalue weighted by atomic mass is 79.9. The largest absolute Gasteiger partial charge is 0.383 e. The van der Waals surface area contributed by atoms with Gasteiger partial charge in [-0.1, -0.05) is 15.9 Å². The van der Waals surface area contributed by atoms with Gasteiger partial charge < -0.3 is 15.5 Å². The van der Waals surface area contributed by atoms with Crippen LogP contribution in [0.3, 0.4) is 0 Å². The van der Waals surface area contributed by atoms with E-state index in [1.165, 1.54) is 17.8 Å². The molecule has 1 fully saturated rings. The van der Waals surface area contributed by atoms with Gasteiger partial charge in [0.25, 0.3) is 0 Å². The number of nitrogens with one attached hydrogen (secondary N) is 2. The number of hydrogen-bond donors (Lipinski definition) is 2. The monoisotopic (exact) mass is 281 g/mol. The van der Waals surface area contributed by atoms with E-state index in [-0.39, 0.29) is 0 Å². The van der Waals surface area contributed by atoms with Gasteiger partial charge in [-0.05, 0) is 24.6 Å². The molecular weight excluding hydrogens is 266 g/mol. The highest BCUT2D eigenvalue weighted by molar-refractivity contribution is 9.10. The normalized spacial score (nSPS) is 24.1. The first kappa shape index (κ1) is 10.4. The van der Waals surface area contributed by atoms with Gasteiger partial charge >= 0.3 is 0 Å². The van der Waals surface area contributed by atoms with E-state index in [1.807, 2.05) is 0 Å². The Labute approximate surface area is 104 Å². The van der Waals surface area contributed by atoms with Gasteiger partial charge in [-0.15, -0.1) is 0 Å². The lowest BCUT2D eigenvalue weighted by molar-refractivity contribution is 0.466. The van der Waals surface area contributed by atoms with Crippen molar-refractivity contribution in [3.05, 3.63) is 22.7 Å². The summed E-state index contributed by atoms with van der Waals surface area (Å²) < 4.78 is 1.15. The van der Waals surface area contributed by atoms with Crippen LogP contribution in [0.15, 0.2) is 22.7 Å². The Kier molecular flexibility index (Phi) is 2.77. The smallest absolute Gasteiger partial charge is 0.0606 e. The zero-order valence-corrected chi connectivity index (χ0v) is 10.8. The van der Waals surface area contributed by atoms with Crippen LogP contribution in [0.1, 0.15) is 6.42 Å². The molecule has 2 N–H and O–H groups in total. The third-order valence-corrected chi connectivity index (χ3v) is 3.90. The first-order valence-electron chi connectivity index (χ1n) is 5.85. The summed E-state index contributed by atoms with van der Waals surface area (Å²) in [5.41, 5.74) is 2.62. The Morgan fingerprint density at radius 2 is 2.25 bits per heavy atom. The third-order valence-electron chi connectivity index (χ3n) is 3.41. The molecule has 4 heteroatoms. The second-order valence-corrected chi connectivity index (χ2v) is 5.34. The Bertz CT molecular complexity index is 394. The lowest BCUT2D eigenvalue weighted by Gasteiger charge is -2.37. The van der Waals surface area contributed by atoms with Gasteiger partial charge in [0, 0.05) is 36.7 Å². The number of rotatable bonds is 0. The molecular formula is C12H16BrN3. The molecule has 2 aliphatic heterocycles. The molecule has 1 aromatic rings. The molecule has 1 saturated heterocycles. The molecule has 0 unspecified atom stereocenters. The van der Waals surface area contributed by atoms with Crippen LogP contribution in [0, 0.1) is 0 Å². The highest BCUT2D eigenvalue weighted by Gasteiger charge is 2.26. The molecule has 3 rings (SSSR count). The molecule has 16 heavy (non-hydrogen) atoms. The van der Waals surface area contributed by atoms with Crippen LogP contribution in [0.2, 0.25) is 0 Å². The molecule has 1 aromatic carbocycles. The van der Waals surface area contributed by atoms with Crippen molar-refractivity contribution in [3.8, 4) is 0 Å². The summed E-state index contributed by atoms with van der Waals surface area (Å²) in [7, 11) is 0. The van der Waals surface area contributed by atoms with Crippen LogP contribution in [0.4, 0.5) is 11.4 Å². The summed E-state index contributed by atoms with van der Waals surface area (Å²) in [6.07, 6.45) is 1.21. The molecule has 0 aromatic heterocycles. The minimum absolute atomic E-state index is 0.642. The van der Waals surface area contributed by atoms with Crippen molar-refractivity contribution in [2.75, 3.05) is 36.4 Å². The maximum Gasteiger partial charge on any atom is 0.0606 e. The zero-order valence-electron chi connectivity index (χ0n) is 9.17. The maximum atomic E-state index is 3.53. The summed E-state index contributed by atoms with van der Waals surface area (Å²) in [4.78, 5) is 2.54. The van der Waals surface area contributed by atoms with E-state index in [1.54, 1.807) is 0 Å². The fourth-order valence-corrected chi connectivity index (χ4v) is 2.97. The number of halogens is 1. The van der Waals surface area contributed by atoms with Gasteiger partial charge in [-0.25, -0.2) is 0 Å². The Balaban J connectivity index is 2.00. The van der Waals surface area contributed by atoms with Crippen LogP contribution in [0.5, 0.6) is 0 Å². The van der Waals surface area contributed by atoms with Gasteiger partial charge in [-0.3, -0.25) is 0 Å². The van der Waals surface area contributed by atoms with Gasteiger partial charge in [-0.2, -0.15) is 0 Å². The van der Waals surface area contributed by atoms with Crippen LogP contribution in [-0.2, 0) is 0 Å². The minimum Gasteiger partial charge on any atom is -0.383 e. The van der Waals surface area contributed by atoms with Crippen LogP contribution in [-0.4, -0.2) is 32.2 Å². The van der Waals surface area contributed by atoms with Crippen molar-refractivity contribution in [3.63, 3.8) is 0 Å². The molecule has 0 radical (unpaired) electrons. The molecule has 0 bridgehead atoms. The quantitative estimate of drug-likeness (QED) is 0.762. The van der Waals surface area contributed by atoms with E-state index in [9.17, 15) is 0 Å². The van der Waals surface area contributed by atoms with Gasteiger partial charge in [0.05, 0.1) is 11.4 Å². The van der Waals surface area contributed by atoms with Gasteiger partial charge in [0.1, 0.15) is 0 Å². The van der Waals surface area contributed by atoms with Crippen molar-refractivity contribution in [1.29, 1.82) is 0 Å². The SMILES string of the molecule is Brc1ccc2c(c1)NCC[C@H]1CNCCN21. The second-order valence-electron chi connectivity index (χ2n) is 4.43. The summed E-state index contributed by atoms with van der Waals surface area (Å²) >= 11 is 3.53. The Morgan fingerprint density at radius 1 is 1.31 bits per heavy atom. The molecule has 2 aliphatic rings. The van der Waals surface area contributed by atoms with E-state index < -0.39 is 0 Å². The minimum atomic E-state index is 0.642. The number of nitrogens with zero attached hydrogens (tertiary/aromatic N) is 1. The van der Waals surface area contributed by atoms with Crippen molar-refractivity contribution < 1.29 is 0 Å². The van der Waals surface area contributed by atoms with E-state index in [4.69, 9.17) is 0 Å². The maximum absolute atomic E-state index is 3.53. The van der Waals surface area contributed by atoms with E-state index in [2.05, 4.69) is 49.7 Å². The Morgan fingerprint density at radius 3 is 3.19 bits per heavy atom. The molecule has 1 atom stereocenters. The number of benzene rings is 1. The number of hydrogen-bond acceptors (Lipinski definition) is 3. The fraction of sp³-hybridized carbons (Fsp3) is 0.500. The number of fused-ring (bicyclic) bond motifs is 3. The summed E-state index contributed by atoms with van der Waals surface area (Å²) in [6.45, 7) is 4.37. The third kappa shape index (κ3) is 1.80. The Hall–Kier alpha value is -0.740. The molecule has 0 amide bonds. The first-order valence-corrected chi connectivity index (χ1v) is 6.65. The predicted molar refractivity (Wildman–Crippen MR) is 71.3 cm³/mol. The van der Waals surface area contributed by atoms with Crippen LogP contribution in [0.25, 0.3) is 0 Å². The van der Waals surface area contributed by atoms with Crippen LogP contribution >= 0.6 is 15.9 Å². The standard InChI is InChI=1S/C12H16BrN3/c13-9-1-2-12-11(7-9)15-4-3-10-8-14-5-6-16(10)12/h1-2,7,10,14-15H,3-6,8H2/t10-/m0/s1. The predicted octanol–water partition coefficient (Wildman–Crippen LogP) is 2.04. The average molecular weight is 282 g/mol. The van der Waals surface area contributed by atoms with E-state index in [0.717, 1.165) is 30.7 Å². The lowest BCUT2D eigenvalue weighted by Crippen LogP contribution is -2.51. The lowest BCUT2D eigenvalue weighted by atomic mass is 10.1. The fourth-order valence-electron chi connectivity index (χ4n) is 2.61. The summed E-state index contributed by atoms with van der Waals surface area (Å²) in [5.74, 6) is 0. The van der Waals surface area contributed by atoms with Gasteiger partial charge in [0.15, 0.2) is 0 Å². The molecule has 0 saturated carbocycles. The van der Waals surface area contributed by atoms with Crippen molar-refractivity contribution in [2.45, 2.75) is 12.5 Å². The second kappa shape index (κ2) is 4.26. The molecule has 86 valence electrons. The topological polar surface area (TPSA) is 27.3 Å². The molecule has 0 aliphatic carbocycles. The van der Waals surface area contributed by atoms with Gasteiger partial charge in [0.2, 0.25) is 0 Å². The van der Waals surface area contributed by atoms with E-state index in [0.29, 0.717) is 6.04 Å². The highest BCUT2D eigenvalue weighted by Crippen LogP contribution is 2.33. The van der Waals surface area contributed by atoms with Crippen molar-refractivity contribution >= 4 is 27.3 Å².